The van der Waals surface area contributed by atoms with Crippen LogP contribution in [-0.2, 0) is 4.79 Å². The molecule has 0 aliphatic heterocycles. The van der Waals surface area contributed by atoms with E-state index in [9.17, 15) is 4.79 Å². The summed E-state index contributed by atoms with van der Waals surface area (Å²) in [4.78, 5) is 20.4. The van der Waals surface area contributed by atoms with E-state index < -0.39 is 0 Å². The van der Waals surface area contributed by atoms with Crippen molar-refractivity contribution in [3.63, 3.8) is 0 Å². The molecule has 0 saturated heterocycles. The van der Waals surface area contributed by atoms with E-state index in [1.807, 2.05) is 36.4 Å². The lowest BCUT2D eigenvalue weighted by Gasteiger charge is -2.13. The fourth-order valence-corrected chi connectivity index (χ4v) is 3.06. The molecule has 0 aliphatic carbocycles. The van der Waals surface area contributed by atoms with E-state index in [1.54, 1.807) is 14.2 Å². The summed E-state index contributed by atoms with van der Waals surface area (Å²) in [5.41, 5.74) is 2.76. The van der Waals surface area contributed by atoms with E-state index in [4.69, 9.17) is 9.47 Å². The minimum absolute atomic E-state index is 0.203. The van der Waals surface area contributed by atoms with Crippen molar-refractivity contribution in [2.24, 2.45) is 0 Å². The Bertz CT molecular complexity index is 1020. The number of anilines is 2. The molecule has 0 unspecified atom stereocenters. The van der Waals surface area contributed by atoms with Crippen LogP contribution in [0.5, 0.6) is 11.5 Å². The molecule has 0 saturated carbocycles. The Hall–Kier alpha value is -3.35. The van der Waals surface area contributed by atoms with Gasteiger partial charge in [-0.15, -0.1) is 0 Å². The number of fused-ring (bicyclic) bond motifs is 1. The Morgan fingerprint density at radius 1 is 1.00 bits per heavy atom. The number of aromatic nitrogens is 2. The first-order valence-electron chi connectivity index (χ1n) is 9.61. The number of carbonyl (C=O) groups is 1. The number of nitrogens with one attached hydrogen (secondary N) is 2. The quantitative estimate of drug-likeness (QED) is 0.548. The standard InChI is InChI=1S/C22H26N4O3/c1-5-6-11-23-21-17-12-15(16-8-10-19(28-3)20(13-16)29-4)7-9-18(17)25-22(26-21)24-14(2)27/h7-10,12-13H,5-6,11H2,1-4H3,(H2,23,24,25,26,27). The smallest absolute Gasteiger partial charge is 0.231 e. The van der Waals surface area contributed by atoms with Gasteiger partial charge in [0.2, 0.25) is 11.9 Å². The van der Waals surface area contributed by atoms with Gasteiger partial charge in [-0.3, -0.25) is 10.1 Å². The Morgan fingerprint density at radius 3 is 2.41 bits per heavy atom. The molecule has 0 radical (unpaired) electrons. The topological polar surface area (TPSA) is 85.4 Å². The highest BCUT2D eigenvalue weighted by atomic mass is 16.5. The molecule has 0 spiro atoms. The average molecular weight is 394 g/mol. The van der Waals surface area contributed by atoms with Crippen LogP contribution in [0.4, 0.5) is 11.8 Å². The van der Waals surface area contributed by atoms with E-state index in [2.05, 4.69) is 27.5 Å². The van der Waals surface area contributed by atoms with Crippen LogP contribution in [0.1, 0.15) is 26.7 Å². The van der Waals surface area contributed by atoms with Gasteiger partial charge >= 0.3 is 0 Å². The summed E-state index contributed by atoms with van der Waals surface area (Å²) < 4.78 is 10.8. The number of rotatable bonds is 8. The molecule has 0 atom stereocenters. The van der Waals surface area contributed by atoms with E-state index in [0.717, 1.165) is 41.4 Å². The number of unbranched alkanes of at least 4 members (excludes halogenated alkanes) is 1. The van der Waals surface area contributed by atoms with Crippen molar-refractivity contribution >= 4 is 28.6 Å². The summed E-state index contributed by atoms with van der Waals surface area (Å²) in [7, 11) is 3.24. The largest absolute Gasteiger partial charge is 0.493 e. The zero-order chi connectivity index (χ0) is 20.8. The van der Waals surface area contributed by atoms with Gasteiger partial charge in [0.1, 0.15) is 5.82 Å². The Labute approximate surface area is 170 Å². The molecular formula is C22H26N4O3. The monoisotopic (exact) mass is 394 g/mol. The third-order valence-electron chi connectivity index (χ3n) is 4.52. The maximum Gasteiger partial charge on any atom is 0.231 e. The van der Waals surface area contributed by atoms with Crippen molar-refractivity contribution in [1.29, 1.82) is 0 Å². The first-order valence-corrected chi connectivity index (χ1v) is 9.61. The van der Waals surface area contributed by atoms with Gasteiger partial charge in [0.25, 0.3) is 0 Å². The van der Waals surface area contributed by atoms with Crippen LogP contribution >= 0.6 is 0 Å². The number of methoxy groups -OCH3 is 2. The van der Waals surface area contributed by atoms with Crippen LogP contribution in [0.2, 0.25) is 0 Å². The zero-order valence-electron chi connectivity index (χ0n) is 17.2. The summed E-state index contributed by atoms with van der Waals surface area (Å²) in [6.07, 6.45) is 2.10. The van der Waals surface area contributed by atoms with Crippen LogP contribution in [0.15, 0.2) is 36.4 Å². The molecule has 0 bridgehead atoms. The minimum atomic E-state index is -0.203. The summed E-state index contributed by atoms with van der Waals surface area (Å²) in [6, 6.07) is 11.8. The molecule has 0 fully saturated rings. The molecule has 3 aromatic rings. The van der Waals surface area contributed by atoms with Gasteiger partial charge in [-0.2, -0.15) is 4.98 Å². The van der Waals surface area contributed by atoms with Crippen molar-refractivity contribution < 1.29 is 14.3 Å². The third kappa shape index (κ3) is 4.74. The van der Waals surface area contributed by atoms with Crippen LogP contribution < -0.4 is 20.1 Å². The van der Waals surface area contributed by atoms with Gasteiger partial charge in [-0.1, -0.05) is 25.5 Å². The highest BCUT2D eigenvalue weighted by molar-refractivity contribution is 5.95. The van der Waals surface area contributed by atoms with Crippen LogP contribution in [0, 0.1) is 0 Å². The van der Waals surface area contributed by atoms with Crippen molar-refractivity contribution in [2.75, 3.05) is 31.4 Å². The molecule has 1 aromatic heterocycles. The Balaban J connectivity index is 2.07. The lowest BCUT2D eigenvalue weighted by molar-refractivity contribution is -0.114. The van der Waals surface area contributed by atoms with Gasteiger partial charge in [-0.25, -0.2) is 4.98 Å². The fraction of sp³-hybridized carbons (Fsp3) is 0.318. The highest BCUT2D eigenvalue weighted by Gasteiger charge is 2.12. The molecule has 2 N–H and O–H groups in total. The molecule has 7 nitrogen and oxygen atoms in total. The van der Waals surface area contributed by atoms with Crippen molar-refractivity contribution in [3.8, 4) is 22.6 Å². The Kier molecular flexibility index (Phi) is 6.49. The molecule has 29 heavy (non-hydrogen) atoms. The predicted molar refractivity (Wildman–Crippen MR) is 116 cm³/mol. The van der Waals surface area contributed by atoms with E-state index >= 15 is 0 Å². The number of benzene rings is 2. The molecular weight excluding hydrogens is 368 g/mol. The van der Waals surface area contributed by atoms with Crippen molar-refractivity contribution in [2.45, 2.75) is 26.7 Å². The summed E-state index contributed by atoms with van der Waals surface area (Å²) >= 11 is 0. The number of hydrogen-bond acceptors (Lipinski definition) is 6. The average Bonchev–Trinajstić information content (AvgIpc) is 2.72. The van der Waals surface area contributed by atoms with Gasteiger partial charge in [0.15, 0.2) is 11.5 Å². The molecule has 1 amide bonds. The number of carbonyl (C=O) groups excluding carboxylic acids is 1. The number of ether oxygens (including phenoxy) is 2. The second-order valence-corrected chi connectivity index (χ2v) is 6.66. The number of hydrogen-bond donors (Lipinski definition) is 2. The van der Waals surface area contributed by atoms with Gasteiger partial charge < -0.3 is 14.8 Å². The van der Waals surface area contributed by atoms with E-state index in [1.165, 1.54) is 6.92 Å². The molecule has 3 rings (SSSR count). The summed E-state index contributed by atoms with van der Waals surface area (Å²) in [5, 5.41) is 6.94. The molecule has 2 aromatic carbocycles. The van der Waals surface area contributed by atoms with E-state index in [0.29, 0.717) is 23.3 Å². The molecule has 0 aliphatic rings. The summed E-state index contributed by atoms with van der Waals surface area (Å²) in [6.45, 7) is 4.37. The maximum absolute atomic E-state index is 11.4. The highest BCUT2D eigenvalue weighted by Crippen LogP contribution is 2.34. The first-order chi connectivity index (χ1) is 14.0. The van der Waals surface area contributed by atoms with Gasteiger partial charge in [0.05, 0.1) is 19.7 Å². The molecule has 7 heteroatoms. The third-order valence-corrected chi connectivity index (χ3v) is 4.52. The van der Waals surface area contributed by atoms with E-state index in [-0.39, 0.29) is 5.91 Å². The second-order valence-electron chi connectivity index (χ2n) is 6.66. The number of nitrogens with zero attached hydrogens (tertiary/aromatic N) is 2. The SMILES string of the molecule is CCCCNc1nc(NC(C)=O)nc2ccc(-c3ccc(OC)c(OC)c3)cc12. The predicted octanol–water partition coefficient (Wildman–Crippen LogP) is 4.48. The Morgan fingerprint density at radius 2 is 1.72 bits per heavy atom. The van der Waals surface area contributed by atoms with Crippen LogP contribution in [0.25, 0.3) is 22.0 Å². The van der Waals surface area contributed by atoms with Gasteiger partial charge in [-0.05, 0) is 41.8 Å². The lowest BCUT2D eigenvalue weighted by atomic mass is 10.0. The molecule has 152 valence electrons. The minimum Gasteiger partial charge on any atom is -0.493 e. The lowest BCUT2D eigenvalue weighted by Crippen LogP contribution is -2.12. The number of amides is 1. The van der Waals surface area contributed by atoms with Crippen LogP contribution in [0.3, 0.4) is 0 Å². The fourth-order valence-electron chi connectivity index (χ4n) is 3.06. The maximum atomic E-state index is 11.4. The van der Waals surface area contributed by atoms with Crippen molar-refractivity contribution in [3.05, 3.63) is 36.4 Å². The first kappa shape index (κ1) is 20.4. The van der Waals surface area contributed by atoms with Crippen LogP contribution in [-0.4, -0.2) is 36.6 Å². The normalized spacial score (nSPS) is 10.6. The zero-order valence-corrected chi connectivity index (χ0v) is 17.2. The molecule has 1 heterocycles. The van der Waals surface area contributed by atoms with Crippen molar-refractivity contribution in [1.82, 2.24) is 9.97 Å². The van der Waals surface area contributed by atoms with Gasteiger partial charge in [0, 0.05) is 18.9 Å². The summed E-state index contributed by atoms with van der Waals surface area (Å²) in [5.74, 6) is 2.15. The second kappa shape index (κ2) is 9.23.